The number of carbonyl (C=O) groups excluding carboxylic acids is 3. The second-order valence-electron chi connectivity index (χ2n) is 5.36. The standard InChI is InChI=1S/C18H16N2O4/c1-24-15-7-5-13(6-8-15)19-18(23)12-3-2-4-14(11-12)20-16(21)9-10-17(20)22/h2-8,11H,9-10H2,1H3,(H,19,23). The number of hydrogen-bond acceptors (Lipinski definition) is 4. The van der Waals surface area contributed by atoms with Crippen LogP contribution >= 0.6 is 0 Å². The van der Waals surface area contributed by atoms with Crippen molar-refractivity contribution in [2.45, 2.75) is 12.8 Å². The van der Waals surface area contributed by atoms with E-state index in [1.165, 1.54) is 0 Å². The van der Waals surface area contributed by atoms with Gasteiger partial charge >= 0.3 is 0 Å². The molecular weight excluding hydrogens is 308 g/mol. The maximum atomic E-state index is 12.4. The van der Waals surface area contributed by atoms with Crippen LogP contribution in [-0.4, -0.2) is 24.8 Å². The molecule has 2 aromatic carbocycles. The smallest absolute Gasteiger partial charge is 0.255 e. The summed E-state index contributed by atoms with van der Waals surface area (Å²) in [4.78, 5) is 37.1. The van der Waals surface area contributed by atoms with Crippen LogP contribution in [-0.2, 0) is 9.59 Å². The maximum absolute atomic E-state index is 12.4. The van der Waals surface area contributed by atoms with Gasteiger partial charge < -0.3 is 10.1 Å². The Morgan fingerprint density at radius 3 is 2.33 bits per heavy atom. The predicted molar refractivity (Wildman–Crippen MR) is 89.1 cm³/mol. The van der Waals surface area contributed by atoms with Crippen LogP contribution in [0.15, 0.2) is 48.5 Å². The lowest BCUT2D eigenvalue weighted by atomic mass is 10.1. The highest BCUT2D eigenvalue weighted by Crippen LogP contribution is 2.24. The van der Waals surface area contributed by atoms with Gasteiger partial charge in [-0.25, -0.2) is 0 Å². The molecule has 1 fully saturated rings. The lowest BCUT2D eigenvalue weighted by Gasteiger charge is -2.15. The molecule has 6 nitrogen and oxygen atoms in total. The summed E-state index contributed by atoms with van der Waals surface area (Å²) in [5.74, 6) is -0.109. The van der Waals surface area contributed by atoms with E-state index >= 15 is 0 Å². The second-order valence-corrected chi connectivity index (χ2v) is 5.36. The minimum Gasteiger partial charge on any atom is -0.497 e. The first-order valence-corrected chi connectivity index (χ1v) is 7.50. The maximum Gasteiger partial charge on any atom is 0.255 e. The zero-order chi connectivity index (χ0) is 17.1. The molecule has 1 N–H and O–H groups in total. The Kier molecular flexibility index (Phi) is 4.29. The van der Waals surface area contributed by atoms with Crippen LogP contribution in [0.2, 0.25) is 0 Å². The molecule has 0 saturated carbocycles. The predicted octanol–water partition coefficient (Wildman–Crippen LogP) is 2.60. The molecule has 3 rings (SSSR count). The molecular formula is C18H16N2O4. The van der Waals surface area contributed by atoms with E-state index in [2.05, 4.69) is 5.32 Å². The second kappa shape index (κ2) is 6.54. The highest BCUT2D eigenvalue weighted by Gasteiger charge is 2.30. The number of rotatable bonds is 4. The summed E-state index contributed by atoms with van der Waals surface area (Å²) >= 11 is 0. The number of carbonyl (C=O) groups is 3. The summed E-state index contributed by atoms with van der Waals surface area (Å²) in [7, 11) is 1.57. The molecule has 1 aliphatic heterocycles. The molecule has 24 heavy (non-hydrogen) atoms. The molecule has 0 aromatic heterocycles. The van der Waals surface area contributed by atoms with Gasteiger partial charge in [0.15, 0.2) is 0 Å². The van der Waals surface area contributed by atoms with Crippen molar-refractivity contribution in [1.82, 2.24) is 0 Å². The van der Waals surface area contributed by atoms with Crippen molar-refractivity contribution in [2.75, 3.05) is 17.3 Å². The third kappa shape index (κ3) is 3.12. The first kappa shape index (κ1) is 15.7. The molecule has 0 unspecified atom stereocenters. The Morgan fingerprint density at radius 2 is 1.71 bits per heavy atom. The van der Waals surface area contributed by atoms with Gasteiger partial charge in [0.1, 0.15) is 5.75 Å². The topological polar surface area (TPSA) is 75.7 Å². The third-order valence-electron chi connectivity index (χ3n) is 3.77. The Morgan fingerprint density at radius 1 is 1.04 bits per heavy atom. The fourth-order valence-electron chi connectivity index (χ4n) is 2.53. The molecule has 0 bridgehead atoms. The van der Waals surface area contributed by atoms with Crippen molar-refractivity contribution in [3.63, 3.8) is 0 Å². The quantitative estimate of drug-likeness (QED) is 0.877. The Bertz CT molecular complexity index is 783. The molecule has 1 aliphatic rings. The zero-order valence-electron chi connectivity index (χ0n) is 13.1. The number of benzene rings is 2. The van der Waals surface area contributed by atoms with E-state index in [-0.39, 0.29) is 30.6 Å². The van der Waals surface area contributed by atoms with Crippen molar-refractivity contribution in [1.29, 1.82) is 0 Å². The average Bonchev–Trinajstić information content (AvgIpc) is 2.94. The monoisotopic (exact) mass is 324 g/mol. The van der Waals surface area contributed by atoms with Crippen LogP contribution in [0, 0.1) is 0 Å². The zero-order valence-corrected chi connectivity index (χ0v) is 13.1. The highest BCUT2D eigenvalue weighted by molar-refractivity contribution is 6.20. The Hall–Kier alpha value is -3.15. The van der Waals surface area contributed by atoms with Gasteiger partial charge in [0.25, 0.3) is 5.91 Å². The van der Waals surface area contributed by atoms with E-state index in [4.69, 9.17) is 4.74 Å². The summed E-state index contributed by atoms with van der Waals surface area (Å²) in [6, 6.07) is 13.4. The van der Waals surface area contributed by atoms with Crippen LogP contribution in [0.3, 0.4) is 0 Å². The highest BCUT2D eigenvalue weighted by atomic mass is 16.5. The molecule has 0 atom stereocenters. The van der Waals surface area contributed by atoms with Gasteiger partial charge in [0, 0.05) is 24.1 Å². The van der Waals surface area contributed by atoms with Gasteiger partial charge in [-0.15, -0.1) is 0 Å². The molecule has 6 heteroatoms. The summed E-state index contributed by atoms with van der Waals surface area (Å²) in [6.07, 6.45) is 0.419. The van der Waals surface area contributed by atoms with E-state index in [1.807, 2.05) is 0 Å². The van der Waals surface area contributed by atoms with E-state index < -0.39 is 0 Å². The third-order valence-corrected chi connectivity index (χ3v) is 3.77. The minimum atomic E-state index is -0.318. The van der Waals surface area contributed by atoms with E-state index in [9.17, 15) is 14.4 Å². The number of amides is 3. The average molecular weight is 324 g/mol. The van der Waals surface area contributed by atoms with Crippen molar-refractivity contribution >= 4 is 29.1 Å². The van der Waals surface area contributed by atoms with Gasteiger partial charge in [-0.05, 0) is 42.5 Å². The Balaban J connectivity index is 1.79. The number of nitrogens with one attached hydrogen (secondary N) is 1. The number of anilines is 2. The molecule has 122 valence electrons. The molecule has 1 saturated heterocycles. The normalized spacial score (nSPS) is 14.0. The summed E-state index contributed by atoms with van der Waals surface area (Å²) in [5.41, 5.74) is 1.42. The largest absolute Gasteiger partial charge is 0.497 e. The SMILES string of the molecule is COc1ccc(NC(=O)c2cccc(N3C(=O)CCC3=O)c2)cc1. The van der Waals surface area contributed by atoms with Crippen LogP contribution in [0.5, 0.6) is 5.75 Å². The van der Waals surface area contributed by atoms with Crippen LogP contribution < -0.4 is 15.0 Å². The van der Waals surface area contributed by atoms with Gasteiger partial charge in [-0.1, -0.05) is 6.07 Å². The van der Waals surface area contributed by atoms with Crippen LogP contribution in [0.25, 0.3) is 0 Å². The van der Waals surface area contributed by atoms with E-state index in [0.29, 0.717) is 22.7 Å². The molecule has 2 aromatic rings. The summed E-state index contributed by atoms with van der Waals surface area (Å²) < 4.78 is 5.07. The molecule has 1 heterocycles. The van der Waals surface area contributed by atoms with Gasteiger partial charge in [-0.2, -0.15) is 0 Å². The fraction of sp³-hybridized carbons (Fsp3) is 0.167. The lowest BCUT2D eigenvalue weighted by Crippen LogP contribution is -2.28. The number of methoxy groups -OCH3 is 1. The minimum absolute atomic E-state index is 0.209. The summed E-state index contributed by atoms with van der Waals surface area (Å²) in [6.45, 7) is 0. The number of nitrogens with zero attached hydrogens (tertiary/aromatic N) is 1. The summed E-state index contributed by atoms with van der Waals surface area (Å²) in [5, 5.41) is 2.77. The van der Waals surface area contributed by atoms with Crippen LogP contribution in [0.1, 0.15) is 23.2 Å². The molecule has 3 amide bonds. The number of hydrogen-bond donors (Lipinski definition) is 1. The van der Waals surface area contributed by atoms with Crippen LogP contribution in [0.4, 0.5) is 11.4 Å². The molecule has 0 spiro atoms. The van der Waals surface area contributed by atoms with Gasteiger partial charge in [-0.3, -0.25) is 19.3 Å². The molecule has 0 radical (unpaired) electrons. The fourth-order valence-corrected chi connectivity index (χ4v) is 2.53. The van der Waals surface area contributed by atoms with Gasteiger partial charge in [0.2, 0.25) is 11.8 Å². The van der Waals surface area contributed by atoms with Crippen molar-refractivity contribution < 1.29 is 19.1 Å². The number of ether oxygens (including phenoxy) is 1. The van der Waals surface area contributed by atoms with Crippen molar-refractivity contribution in [3.8, 4) is 5.75 Å². The van der Waals surface area contributed by atoms with Gasteiger partial charge in [0.05, 0.1) is 12.8 Å². The first-order chi connectivity index (χ1) is 11.6. The van der Waals surface area contributed by atoms with Crippen molar-refractivity contribution in [3.05, 3.63) is 54.1 Å². The van der Waals surface area contributed by atoms with Crippen molar-refractivity contribution in [2.24, 2.45) is 0 Å². The van der Waals surface area contributed by atoms with E-state index in [1.54, 1.807) is 55.6 Å². The number of imide groups is 1. The molecule has 0 aliphatic carbocycles. The lowest BCUT2D eigenvalue weighted by molar-refractivity contribution is -0.121. The first-order valence-electron chi connectivity index (χ1n) is 7.50. The Labute approximate surface area is 139 Å². The van der Waals surface area contributed by atoms with E-state index in [0.717, 1.165) is 4.90 Å².